The maximum atomic E-state index is 13.2. The molecule has 1 heterocycles. The van der Waals surface area contributed by atoms with Crippen LogP contribution in [0.4, 0.5) is 5.69 Å². The quantitative estimate of drug-likeness (QED) is 0.305. The van der Waals surface area contributed by atoms with Crippen molar-refractivity contribution < 1.29 is 23.1 Å². The summed E-state index contributed by atoms with van der Waals surface area (Å²) in [7, 11) is -3.88. The van der Waals surface area contributed by atoms with Gasteiger partial charge in [0.2, 0.25) is 0 Å². The van der Waals surface area contributed by atoms with Crippen LogP contribution in [-0.2, 0) is 24.9 Å². The van der Waals surface area contributed by atoms with Crippen molar-refractivity contribution in [1.29, 1.82) is 0 Å². The molecular weight excluding hydrogens is 409 g/mol. The Kier molecular flexibility index (Phi) is 6.93. The molecule has 2 rings (SSSR count). The molecule has 1 aromatic heterocycles. The summed E-state index contributed by atoms with van der Waals surface area (Å²) < 4.78 is 31.7. The molecule has 0 N–H and O–H groups in total. The van der Waals surface area contributed by atoms with Crippen LogP contribution in [0.3, 0.4) is 0 Å². The van der Waals surface area contributed by atoms with Gasteiger partial charge in [0.25, 0.3) is 5.69 Å². The molecule has 1 aromatic carbocycles. The molecule has 0 amide bonds. The summed E-state index contributed by atoms with van der Waals surface area (Å²) in [6, 6.07) is 6.25. The zero-order valence-electron chi connectivity index (χ0n) is 18.8. The number of aryl methyl sites for hydroxylation is 1. The fourth-order valence-corrected chi connectivity index (χ4v) is 4.59. The SMILES string of the molecule is Cc1nn(COP(=O)(OC(C)(C)C)OC(C)(C)C)c(C)c1-c1ccc([N+](=O)[O-])cc1. The maximum Gasteiger partial charge on any atom is 0.477 e. The molecule has 0 atom stereocenters. The number of nitrogens with zero attached hydrogens (tertiary/aromatic N) is 3. The lowest BCUT2D eigenvalue weighted by atomic mass is 10.0. The molecule has 0 aliphatic heterocycles. The lowest BCUT2D eigenvalue weighted by Gasteiger charge is -2.30. The molecule has 30 heavy (non-hydrogen) atoms. The van der Waals surface area contributed by atoms with Gasteiger partial charge in [-0.2, -0.15) is 5.10 Å². The smallest absolute Gasteiger partial charge is 0.281 e. The fourth-order valence-electron chi connectivity index (χ4n) is 2.86. The highest BCUT2D eigenvalue weighted by Crippen LogP contribution is 2.55. The number of phosphoric acid groups is 1. The normalized spacial score (nSPS) is 12.9. The average Bonchev–Trinajstić information content (AvgIpc) is 2.83. The number of phosphoric ester groups is 1. The molecule has 0 saturated heterocycles. The van der Waals surface area contributed by atoms with Crippen LogP contribution in [0.15, 0.2) is 24.3 Å². The summed E-state index contributed by atoms with van der Waals surface area (Å²) in [5, 5.41) is 15.4. The Hall–Kier alpha value is -2.06. The topological polar surface area (TPSA) is 106 Å². The lowest BCUT2D eigenvalue weighted by Crippen LogP contribution is -2.25. The summed E-state index contributed by atoms with van der Waals surface area (Å²) in [6.07, 6.45) is 0. The van der Waals surface area contributed by atoms with Crippen LogP contribution in [0.5, 0.6) is 0 Å². The van der Waals surface area contributed by atoms with Gasteiger partial charge in [-0.15, -0.1) is 0 Å². The molecule has 0 saturated carbocycles. The number of nitro benzene ring substituents is 1. The molecule has 0 aliphatic rings. The van der Waals surface area contributed by atoms with Gasteiger partial charge in [-0.05, 0) is 73.1 Å². The Morgan fingerprint density at radius 2 is 1.53 bits per heavy atom. The fraction of sp³-hybridized carbons (Fsp3) is 0.550. The minimum absolute atomic E-state index is 0.0179. The van der Waals surface area contributed by atoms with E-state index in [1.54, 1.807) is 58.4 Å². The molecule has 0 fully saturated rings. The number of rotatable bonds is 7. The minimum atomic E-state index is -3.88. The van der Waals surface area contributed by atoms with Crippen LogP contribution in [0.2, 0.25) is 0 Å². The third kappa shape index (κ3) is 6.47. The monoisotopic (exact) mass is 439 g/mol. The molecule has 9 nitrogen and oxygen atoms in total. The Labute approximate surface area is 177 Å². The maximum absolute atomic E-state index is 13.2. The van der Waals surface area contributed by atoms with Crippen molar-refractivity contribution in [3.05, 3.63) is 45.8 Å². The van der Waals surface area contributed by atoms with Crippen LogP contribution in [0, 0.1) is 24.0 Å². The highest BCUT2D eigenvalue weighted by Gasteiger charge is 2.37. The van der Waals surface area contributed by atoms with E-state index in [1.807, 2.05) is 13.8 Å². The van der Waals surface area contributed by atoms with Crippen molar-refractivity contribution in [2.24, 2.45) is 0 Å². The molecule has 0 spiro atoms. The predicted octanol–water partition coefficient (Wildman–Crippen LogP) is 5.79. The summed E-state index contributed by atoms with van der Waals surface area (Å²) in [5.74, 6) is 0. The van der Waals surface area contributed by atoms with Gasteiger partial charge in [0.15, 0.2) is 6.73 Å². The molecule has 10 heteroatoms. The third-order valence-electron chi connectivity index (χ3n) is 3.86. The summed E-state index contributed by atoms with van der Waals surface area (Å²) >= 11 is 0. The van der Waals surface area contributed by atoms with Gasteiger partial charge in [-0.3, -0.25) is 23.7 Å². The van der Waals surface area contributed by atoms with Crippen molar-refractivity contribution in [3.8, 4) is 11.1 Å². The van der Waals surface area contributed by atoms with Crippen molar-refractivity contribution in [3.63, 3.8) is 0 Å². The largest absolute Gasteiger partial charge is 0.477 e. The highest BCUT2D eigenvalue weighted by atomic mass is 31.2. The second-order valence-electron chi connectivity index (χ2n) is 8.96. The summed E-state index contributed by atoms with van der Waals surface area (Å²) in [6.45, 7) is 14.2. The lowest BCUT2D eigenvalue weighted by molar-refractivity contribution is -0.384. The molecule has 0 radical (unpaired) electrons. The van der Waals surface area contributed by atoms with Crippen LogP contribution in [-0.4, -0.2) is 25.9 Å². The van der Waals surface area contributed by atoms with Crippen molar-refractivity contribution >= 4 is 13.5 Å². The minimum Gasteiger partial charge on any atom is -0.281 e. The van der Waals surface area contributed by atoms with Crippen molar-refractivity contribution in [2.45, 2.75) is 73.3 Å². The van der Waals surface area contributed by atoms with E-state index in [0.29, 0.717) is 5.69 Å². The van der Waals surface area contributed by atoms with Crippen molar-refractivity contribution in [2.75, 3.05) is 0 Å². The number of hydrogen-bond donors (Lipinski definition) is 0. The molecular formula is C20H30N3O6P. The van der Waals surface area contributed by atoms with E-state index < -0.39 is 23.9 Å². The molecule has 0 aliphatic carbocycles. The van der Waals surface area contributed by atoms with E-state index in [0.717, 1.165) is 16.8 Å². The summed E-state index contributed by atoms with van der Waals surface area (Å²) in [5.41, 5.74) is 1.65. The first-order valence-electron chi connectivity index (χ1n) is 9.55. The Balaban J connectivity index is 2.29. The second-order valence-corrected chi connectivity index (χ2v) is 10.5. The molecule has 0 unspecified atom stereocenters. The van der Waals surface area contributed by atoms with Gasteiger partial charge in [-0.1, -0.05) is 0 Å². The number of aromatic nitrogens is 2. The van der Waals surface area contributed by atoms with Crippen LogP contribution >= 0.6 is 7.82 Å². The third-order valence-corrected chi connectivity index (χ3v) is 5.83. The first-order chi connectivity index (χ1) is 13.6. The van der Waals surface area contributed by atoms with Crippen molar-refractivity contribution in [1.82, 2.24) is 9.78 Å². The van der Waals surface area contributed by atoms with E-state index in [1.165, 1.54) is 12.1 Å². The van der Waals surface area contributed by atoms with Gasteiger partial charge in [0, 0.05) is 23.4 Å². The Morgan fingerprint density at radius 3 is 1.97 bits per heavy atom. The van der Waals surface area contributed by atoms with Crippen LogP contribution in [0.1, 0.15) is 52.9 Å². The van der Waals surface area contributed by atoms with Gasteiger partial charge >= 0.3 is 7.82 Å². The van der Waals surface area contributed by atoms with Gasteiger partial charge in [0.05, 0.1) is 21.8 Å². The zero-order chi connectivity index (χ0) is 22.9. The average molecular weight is 439 g/mol. The van der Waals surface area contributed by atoms with E-state index in [9.17, 15) is 14.7 Å². The first kappa shape index (κ1) is 24.2. The zero-order valence-corrected chi connectivity index (χ0v) is 19.6. The van der Waals surface area contributed by atoms with Gasteiger partial charge < -0.3 is 0 Å². The predicted molar refractivity (Wildman–Crippen MR) is 114 cm³/mol. The highest BCUT2D eigenvalue weighted by molar-refractivity contribution is 7.48. The molecule has 166 valence electrons. The summed E-state index contributed by atoms with van der Waals surface area (Å²) in [4.78, 5) is 10.4. The standard InChI is InChI=1S/C20H30N3O6P/c1-14-18(16-9-11-17(12-10-16)23(24)25)15(2)22(21-14)13-27-30(26,28-19(3,4)5)29-20(6,7)8/h9-12H,13H2,1-8H3. The second kappa shape index (κ2) is 8.59. The number of benzene rings is 1. The first-order valence-corrected chi connectivity index (χ1v) is 11.0. The van der Waals surface area contributed by atoms with Crippen LogP contribution < -0.4 is 0 Å². The number of non-ortho nitro benzene ring substituents is 1. The molecule has 2 aromatic rings. The van der Waals surface area contributed by atoms with Gasteiger partial charge in [-0.25, -0.2) is 9.25 Å². The Morgan fingerprint density at radius 1 is 1.03 bits per heavy atom. The van der Waals surface area contributed by atoms with E-state index in [-0.39, 0.29) is 12.4 Å². The number of nitro groups is 1. The van der Waals surface area contributed by atoms with Gasteiger partial charge in [0.1, 0.15) is 0 Å². The van der Waals surface area contributed by atoms with E-state index in [2.05, 4.69) is 5.10 Å². The Bertz CT molecular complexity index is 935. The van der Waals surface area contributed by atoms with E-state index >= 15 is 0 Å². The van der Waals surface area contributed by atoms with Crippen LogP contribution in [0.25, 0.3) is 11.1 Å². The number of hydrogen-bond acceptors (Lipinski definition) is 7. The van der Waals surface area contributed by atoms with E-state index in [4.69, 9.17) is 13.6 Å². The molecule has 0 bridgehead atoms.